The van der Waals surface area contributed by atoms with Crippen molar-refractivity contribution in [2.75, 3.05) is 18.9 Å². The van der Waals surface area contributed by atoms with E-state index < -0.39 is 5.91 Å². The molecule has 0 spiro atoms. The number of nitrogens with two attached hydrogens (primary N) is 2. The molecule has 0 aromatic heterocycles. The van der Waals surface area contributed by atoms with Crippen LogP contribution in [0.15, 0.2) is 40.0 Å². The van der Waals surface area contributed by atoms with Gasteiger partial charge in [0.2, 0.25) is 0 Å². The van der Waals surface area contributed by atoms with Crippen LogP contribution >= 0.6 is 0 Å². The first kappa shape index (κ1) is 17.6. The summed E-state index contributed by atoms with van der Waals surface area (Å²) in [5.74, 6) is 0.232. The summed E-state index contributed by atoms with van der Waals surface area (Å²) < 4.78 is 5.71. The van der Waals surface area contributed by atoms with Gasteiger partial charge in [-0.15, -0.1) is 0 Å². The third kappa shape index (κ3) is 3.76. The van der Waals surface area contributed by atoms with E-state index in [2.05, 4.69) is 10.3 Å². The Kier molecular flexibility index (Phi) is 5.28. The molecule has 1 aromatic rings. The number of ether oxygens (including phenoxy) is 1. The molecule has 0 aliphatic carbocycles. The number of rotatable bonds is 5. The number of amides is 1. The highest BCUT2D eigenvalue weighted by Gasteiger charge is 2.21. The molecule has 6 nitrogen and oxygen atoms in total. The Morgan fingerprint density at radius 1 is 1.33 bits per heavy atom. The molecule has 1 heterocycles. The van der Waals surface area contributed by atoms with Crippen molar-refractivity contribution in [2.45, 2.75) is 26.9 Å². The summed E-state index contributed by atoms with van der Waals surface area (Å²) in [4.78, 5) is 15.9. The van der Waals surface area contributed by atoms with Crippen molar-refractivity contribution in [1.29, 1.82) is 0 Å². The molecule has 0 fully saturated rings. The molecule has 2 rings (SSSR count). The highest BCUT2D eigenvalue weighted by molar-refractivity contribution is 6.29. The fraction of sp³-hybridized carbons (Fsp3) is 0.333. The normalized spacial score (nSPS) is 15.2. The average Bonchev–Trinajstić information content (AvgIpc) is 2.50. The molecule has 1 aliphatic rings. The molecule has 0 unspecified atom stereocenters. The molecule has 0 saturated carbocycles. The summed E-state index contributed by atoms with van der Waals surface area (Å²) >= 11 is 0. The number of aliphatic imine (C=N–C) groups is 1. The van der Waals surface area contributed by atoms with Crippen LogP contribution in [0.2, 0.25) is 0 Å². The van der Waals surface area contributed by atoms with E-state index in [0.717, 1.165) is 22.6 Å². The summed E-state index contributed by atoms with van der Waals surface area (Å²) in [6.07, 6.45) is 2.10. The average molecular weight is 328 g/mol. The summed E-state index contributed by atoms with van der Waals surface area (Å²) in [5, 5.41) is 3.33. The summed E-state index contributed by atoms with van der Waals surface area (Å²) in [5.41, 5.74) is 15.2. The number of nitrogens with zero attached hydrogens (tertiary/aromatic N) is 1. The van der Waals surface area contributed by atoms with Crippen molar-refractivity contribution in [3.8, 4) is 5.75 Å². The van der Waals surface area contributed by atoms with Crippen molar-refractivity contribution < 1.29 is 9.53 Å². The number of anilines is 1. The van der Waals surface area contributed by atoms with Gasteiger partial charge in [0.05, 0.1) is 17.4 Å². The first-order chi connectivity index (χ1) is 11.3. The van der Waals surface area contributed by atoms with Crippen molar-refractivity contribution in [1.82, 2.24) is 0 Å². The zero-order chi connectivity index (χ0) is 17.9. The number of carbonyl (C=O) groups excluding carboxylic acids is 1. The Labute approximate surface area is 142 Å². The number of primary amides is 1. The highest BCUT2D eigenvalue weighted by atomic mass is 16.5. The fourth-order valence-corrected chi connectivity index (χ4v) is 2.65. The molecule has 0 saturated heterocycles. The van der Waals surface area contributed by atoms with Crippen LogP contribution in [0.5, 0.6) is 5.75 Å². The van der Waals surface area contributed by atoms with Crippen LogP contribution in [-0.2, 0) is 4.79 Å². The van der Waals surface area contributed by atoms with Crippen LogP contribution in [0.4, 0.5) is 5.69 Å². The number of nitrogens with one attached hydrogen (secondary N) is 1. The van der Waals surface area contributed by atoms with Crippen LogP contribution in [0.3, 0.4) is 0 Å². The molecule has 1 aromatic carbocycles. The molecule has 24 heavy (non-hydrogen) atoms. The van der Waals surface area contributed by atoms with E-state index in [-0.39, 0.29) is 11.7 Å². The van der Waals surface area contributed by atoms with Crippen molar-refractivity contribution >= 4 is 23.4 Å². The maximum absolute atomic E-state index is 11.7. The molecular formula is C18H24N4O2. The topological polar surface area (TPSA) is 103 Å². The molecule has 128 valence electrons. The van der Waals surface area contributed by atoms with E-state index in [1.807, 2.05) is 38.1 Å². The van der Waals surface area contributed by atoms with Gasteiger partial charge >= 0.3 is 0 Å². The Balaban J connectivity index is 2.40. The van der Waals surface area contributed by atoms with Gasteiger partial charge in [0.1, 0.15) is 5.75 Å². The summed E-state index contributed by atoms with van der Waals surface area (Å²) in [7, 11) is 1.62. The maximum Gasteiger partial charge on any atom is 0.252 e. The molecule has 0 atom stereocenters. The zero-order valence-corrected chi connectivity index (χ0v) is 14.5. The molecule has 1 aliphatic heterocycles. The number of hydrogen-bond donors (Lipinski definition) is 3. The zero-order valence-electron chi connectivity index (χ0n) is 14.5. The number of benzene rings is 1. The lowest BCUT2D eigenvalue weighted by Crippen LogP contribution is -2.28. The molecule has 5 N–H and O–H groups in total. The van der Waals surface area contributed by atoms with Crippen LogP contribution in [-0.4, -0.2) is 31.3 Å². The lowest BCUT2D eigenvalue weighted by molar-refractivity contribution is -0.114. The van der Waals surface area contributed by atoms with E-state index in [0.29, 0.717) is 18.0 Å². The lowest BCUT2D eigenvalue weighted by atomic mass is 9.95. The van der Waals surface area contributed by atoms with Gasteiger partial charge < -0.3 is 21.5 Å². The van der Waals surface area contributed by atoms with E-state index in [9.17, 15) is 4.79 Å². The summed E-state index contributed by atoms with van der Waals surface area (Å²) in [6, 6.07) is 5.85. The van der Waals surface area contributed by atoms with Gasteiger partial charge in [-0.2, -0.15) is 0 Å². The Hall–Kier alpha value is -2.76. The van der Waals surface area contributed by atoms with E-state index in [4.69, 9.17) is 16.2 Å². The lowest BCUT2D eigenvalue weighted by Gasteiger charge is -2.22. The minimum Gasteiger partial charge on any atom is -0.491 e. The molecular weight excluding hydrogens is 304 g/mol. The smallest absolute Gasteiger partial charge is 0.252 e. The van der Waals surface area contributed by atoms with E-state index in [1.54, 1.807) is 14.0 Å². The highest BCUT2D eigenvalue weighted by Crippen LogP contribution is 2.29. The fourth-order valence-electron chi connectivity index (χ4n) is 2.65. The van der Waals surface area contributed by atoms with Gasteiger partial charge in [0, 0.05) is 31.0 Å². The number of allylic oxidation sites excluding steroid dienone is 1. The van der Waals surface area contributed by atoms with Gasteiger partial charge in [-0.3, -0.25) is 9.79 Å². The van der Waals surface area contributed by atoms with Gasteiger partial charge in [0.15, 0.2) is 0 Å². The number of hydrogen-bond acceptors (Lipinski definition) is 5. The Morgan fingerprint density at radius 3 is 2.58 bits per heavy atom. The van der Waals surface area contributed by atoms with Gasteiger partial charge in [-0.05, 0) is 50.1 Å². The largest absolute Gasteiger partial charge is 0.491 e. The monoisotopic (exact) mass is 328 g/mol. The quantitative estimate of drug-likeness (QED) is 0.568. The molecule has 1 amide bonds. The van der Waals surface area contributed by atoms with Gasteiger partial charge in [-0.1, -0.05) is 0 Å². The van der Waals surface area contributed by atoms with Crippen LogP contribution in [0, 0.1) is 0 Å². The van der Waals surface area contributed by atoms with Gasteiger partial charge in [0.25, 0.3) is 5.91 Å². The minimum absolute atomic E-state index is 0.118. The Bertz CT molecular complexity index is 741. The first-order valence-corrected chi connectivity index (χ1v) is 7.82. The predicted octanol–water partition coefficient (Wildman–Crippen LogP) is 2.07. The molecule has 6 heteroatoms. The second kappa shape index (κ2) is 7.21. The maximum atomic E-state index is 11.7. The Morgan fingerprint density at radius 2 is 2.04 bits per heavy atom. The number of fused-ring (bicyclic) bond motifs is 1. The third-order valence-electron chi connectivity index (χ3n) is 3.60. The SMILES string of the molecule is CN=C(C1=Cc2ccc(OC(C)C)cc2NC1)/C(C(N)=O)=C(\C)N. The van der Waals surface area contributed by atoms with Crippen molar-refractivity contribution in [3.63, 3.8) is 0 Å². The summed E-state index contributed by atoms with van der Waals surface area (Å²) in [6.45, 7) is 6.14. The second-order valence-corrected chi connectivity index (χ2v) is 5.93. The number of carbonyl (C=O) groups is 1. The predicted molar refractivity (Wildman–Crippen MR) is 98.1 cm³/mol. The standard InChI is InChI=1S/C18H24N4O2/c1-10(2)24-14-6-5-12-7-13(9-22-15(12)8-14)17(21-4)16(11(3)19)18(20)23/h5-8,10,22H,9,19H2,1-4H3,(H2,20,23)/b16-11-,21-17?. The minimum atomic E-state index is -0.581. The molecule has 0 bridgehead atoms. The molecule has 0 radical (unpaired) electrons. The van der Waals surface area contributed by atoms with Crippen LogP contribution < -0.4 is 21.5 Å². The third-order valence-corrected chi connectivity index (χ3v) is 3.60. The van der Waals surface area contributed by atoms with Crippen molar-refractivity contribution in [2.24, 2.45) is 16.5 Å². The van der Waals surface area contributed by atoms with Crippen LogP contribution in [0.25, 0.3) is 6.08 Å². The van der Waals surface area contributed by atoms with E-state index in [1.165, 1.54) is 0 Å². The second-order valence-electron chi connectivity index (χ2n) is 5.93. The van der Waals surface area contributed by atoms with Crippen LogP contribution in [0.1, 0.15) is 26.3 Å². The first-order valence-electron chi connectivity index (χ1n) is 7.82. The van der Waals surface area contributed by atoms with E-state index >= 15 is 0 Å². The van der Waals surface area contributed by atoms with Crippen molar-refractivity contribution in [3.05, 3.63) is 40.6 Å². The van der Waals surface area contributed by atoms with Gasteiger partial charge in [-0.25, -0.2) is 0 Å².